The predicted octanol–water partition coefficient (Wildman–Crippen LogP) is 8.14. The molecule has 0 aromatic rings. The van der Waals surface area contributed by atoms with Crippen molar-refractivity contribution in [2.45, 2.75) is 142 Å². The number of phosphoric ester groups is 1. The van der Waals surface area contributed by atoms with Crippen molar-refractivity contribution >= 4 is 7.82 Å². The molecule has 224 valence electrons. The van der Waals surface area contributed by atoms with Gasteiger partial charge in [0.05, 0.1) is 19.3 Å². The van der Waals surface area contributed by atoms with E-state index in [1.165, 1.54) is 96.3 Å². The van der Waals surface area contributed by atoms with E-state index in [4.69, 9.17) is 18.5 Å². The number of rotatable bonds is 29. The van der Waals surface area contributed by atoms with E-state index in [0.717, 1.165) is 13.0 Å². The zero-order valence-corrected chi connectivity index (χ0v) is 26.0. The van der Waals surface area contributed by atoms with Crippen LogP contribution in [-0.2, 0) is 23.1 Å². The van der Waals surface area contributed by atoms with Crippen molar-refractivity contribution in [3.63, 3.8) is 0 Å². The standard InChI is InChI=1S/C29H62NO6P/c1-6-8-9-10-11-12-13-14-15-16-17-18-19-20-21-22-25-34-26-29(33-5)27-35-37(31,32)36-28(7-2)23-24-30(3)4/h28-29H,6-27H2,1-5H3,(H,31,32). The van der Waals surface area contributed by atoms with E-state index in [1.54, 1.807) is 7.11 Å². The van der Waals surface area contributed by atoms with Gasteiger partial charge in [-0.1, -0.05) is 110 Å². The van der Waals surface area contributed by atoms with E-state index in [1.807, 2.05) is 25.9 Å². The van der Waals surface area contributed by atoms with Crippen molar-refractivity contribution in [3.8, 4) is 0 Å². The molecular weight excluding hydrogens is 489 g/mol. The van der Waals surface area contributed by atoms with Crippen LogP contribution in [0.15, 0.2) is 0 Å². The maximum absolute atomic E-state index is 12.3. The monoisotopic (exact) mass is 551 g/mol. The zero-order chi connectivity index (χ0) is 27.6. The minimum absolute atomic E-state index is 0.0344. The maximum Gasteiger partial charge on any atom is 0.472 e. The van der Waals surface area contributed by atoms with Crippen molar-refractivity contribution < 1.29 is 28.0 Å². The van der Waals surface area contributed by atoms with Crippen LogP contribution in [0.2, 0.25) is 0 Å². The Kier molecular flexibility index (Phi) is 26.2. The highest BCUT2D eigenvalue weighted by Crippen LogP contribution is 2.45. The van der Waals surface area contributed by atoms with E-state index in [0.29, 0.717) is 26.1 Å². The molecule has 0 saturated carbocycles. The van der Waals surface area contributed by atoms with Crippen LogP contribution in [0, 0.1) is 0 Å². The second-order valence-corrected chi connectivity index (χ2v) is 12.1. The molecular formula is C29H62NO6P. The Hall–Kier alpha value is -0.0100. The topological polar surface area (TPSA) is 77.5 Å². The molecule has 0 amide bonds. The Labute approximate surface area is 230 Å². The highest BCUT2D eigenvalue weighted by atomic mass is 31.2. The number of hydrogen-bond acceptors (Lipinski definition) is 6. The second kappa shape index (κ2) is 26.2. The molecule has 0 aliphatic rings. The first kappa shape index (κ1) is 37.0. The molecule has 7 nitrogen and oxygen atoms in total. The summed E-state index contributed by atoms with van der Waals surface area (Å²) in [5, 5.41) is 0. The summed E-state index contributed by atoms with van der Waals surface area (Å²) in [6.45, 7) is 5.98. The molecule has 0 aromatic carbocycles. The molecule has 0 aromatic heterocycles. The fraction of sp³-hybridized carbons (Fsp3) is 1.00. The lowest BCUT2D eigenvalue weighted by molar-refractivity contribution is -0.0247. The van der Waals surface area contributed by atoms with Crippen molar-refractivity contribution in [1.82, 2.24) is 4.90 Å². The molecule has 3 atom stereocenters. The second-order valence-electron chi connectivity index (χ2n) is 10.7. The van der Waals surface area contributed by atoms with Gasteiger partial charge in [-0.25, -0.2) is 4.57 Å². The summed E-state index contributed by atoms with van der Waals surface area (Å²) >= 11 is 0. The normalized spacial score (nSPS) is 15.2. The highest BCUT2D eigenvalue weighted by molar-refractivity contribution is 7.47. The minimum Gasteiger partial charge on any atom is -0.379 e. The number of phosphoric acid groups is 1. The first-order valence-electron chi connectivity index (χ1n) is 15.3. The van der Waals surface area contributed by atoms with Gasteiger partial charge in [-0.3, -0.25) is 9.05 Å². The van der Waals surface area contributed by atoms with Crippen LogP contribution >= 0.6 is 7.82 Å². The van der Waals surface area contributed by atoms with Gasteiger partial charge in [-0.2, -0.15) is 0 Å². The van der Waals surface area contributed by atoms with Crippen LogP contribution in [-0.4, -0.2) is 69.6 Å². The lowest BCUT2D eigenvalue weighted by atomic mass is 10.0. The molecule has 0 saturated heterocycles. The minimum atomic E-state index is -4.12. The summed E-state index contributed by atoms with van der Waals surface area (Å²) in [5.74, 6) is 0. The molecule has 0 fully saturated rings. The van der Waals surface area contributed by atoms with Gasteiger partial charge < -0.3 is 19.3 Å². The van der Waals surface area contributed by atoms with Gasteiger partial charge in [0.25, 0.3) is 0 Å². The number of ether oxygens (including phenoxy) is 2. The largest absolute Gasteiger partial charge is 0.472 e. The molecule has 0 heterocycles. The average molecular weight is 552 g/mol. The molecule has 0 aliphatic carbocycles. The van der Waals surface area contributed by atoms with Crippen LogP contribution in [0.5, 0.6) is 0 Å². The SMILES string of the molecule is CCCCCCCCCCCCCCCCCCOCC(COP(=O)(O)OC(CC)CCN(C)C)OC. The Bertz CT molecular complexity index is 523. The zero-order valence-electron chi connectivity index (χ0n) is 25.1. The van der Waals surface area contributed by atoms with E-state index in [2.05, 4.69) is 6.92 Å². The summed E-state index contributed by atoms with van der Waals surface area (Å²) in [5.41, 5.74) is 0. The third-order valence-electron chi connectivity index (χ3n) is 6.84. The first-order chi connectivity index (χ1) is 17.8. The molecule has 8 heteroatoms. The van der Waals surface area contributed by atoms with Gasteiger partial charge in [-0.15, -0.1) is 0 Å². The van der Waals surface area contributed by atoms with E-state index < -0.39 is 13.9 Å². The van der Waals surface area contributed by atoms with Crippen molar-refractivity contribution in [3.05, 3.63) is 0 Å². The van der Waals surface area contributed by atoms with Crippen LogP contribution < -0.4 is 0 Å². The molecule has 0 radical (unpaired) electrons. The lowest BCUT2D eigenvalue weighted by Gasteiger charge is -2.22. The molecule has 0 bridgehead atoms. The van der Waals surface area contributed by atoms with Gasteiger partial charge in [0.15, 0.2) is 0 Å². The summed E-state index contributed by atoms with van der Waals surface area (Å²) < 4.78 is 33.9. The number of nitrogens with zero attached hydrogens (tertiary/aromatic N) is 1. The Balaban J connectivity index is 3.62. The maximum atomic E-state index is 12.3. The van der Waals surface area contributed by atoms with Crippen LogP contribution in [0.3, 0.4) is 0 Å². The summed E-state index contributed by atoms with van der Waals surface area (Å²) in [6.07, 6.45) is 22.2. The third-order valence-corrected chi connectivity index (χ3v) is 7.88. The molecule has 0 spiro atoms. The van der Waals surface area contributed by atoms with Crippen molar-refractivity contribution in [2.75, 3.05) is 47.6 Å². The van der Waals surface area contributed by atoms with Gasteiger partial charge in [0, 0.05) is 20.3 Å². The van der Waals surface area contributed by atoms with Gasteiger partial charge >= 0.3 is 7.82 Å². The molecule has 3 unspecified atom stereocenters. The Morgan fingerprint density at radius 1 is 0.730 bits per heavy atom. The molecule has 0 aliphatic heterocycles. The summed E-state index contributed by atoms with van der Waals surface area (Å²) in [7, 11) is 1.36. The predicted molar refractivity (Wildman–Crippen MR) is 155 cm³/mol. The van der Waals surface area contributed by atoms with Gasteiger partial charge in [-0.05, 0) is 33.4 Å². The molecule has 0 rings (SSSR count). The smallest absolute Gasteiger partial charge is 0.379 e. The molecule has 1 N–H and O–H groups in total. The Morgan fingerprint density at radius 2 is 1.22 bits per heavy atom. The summed E-state index contributed by atoms with van der Waals surface area (Å²) in [6, 6.07) is 0. The van der Waals surface area contributed by atoms with E-state index >= 15 is 0 Å². The van der Waals surface area contributed by atoms with Crippen molar-refractivity contribution in [2.24, 2.45) is 0 Å². The number of unbranched alkanes of at least 4 members (excludes halogenated alkanes) is 15. The van der Waals surface area contributed by atoms with Crippen LogP contribution in [0.1, 0.15) is 129 Å². The fourth-order valence-electron chi connectivity index (χ4n) is 4.28. The van der Waals surface area contributed by atoms with Crippen molar-refractivity contribution in [1.29, 1.82) is 0 Å². The fourth-order valence-corrected chi connectivity index (χ4v) is 5.33. The Morgan fingerprint density at radius 3 is 1.65 bits per heavy atom. The number of methoxy groups -OCH3 is 1. The van der Waals surface area contributed by atoms with Crippen LogP contribution in [0.25, 0.3) is 0 Å². The van der Waals surface area contributed by atoms with E-state index in [9.17, 15) is 9.46 Å². The molecule has 37 heavy (non-hydrogen) atoms. The quantitative estimate of drug-likeness (QED) is 0.0742. The van der Waals surface area contributed by atoms with E-state index in [-0.39, 0.29) is 12.7 Å². The summed E-state index contributed by atoms with van der Waals surface area (Å²) in [4.78, 5) is 12.1. The third kappa shape index (κ3) is 26.0. The number of hydrogen-bond donors (Lipinski definition) is 1. The van der Waals surface area contributed by atoms with Crippen LogP contribution in [0.4, 0.5) is 0 Å². The first-order valence-corrected chi connectivity index (χ1v) is 16.7. The lowest BCUT2D eigenvalue weighted by Crippen LogP contribution is -2.25. The van der Waals surface area contributed by atoms with Gasteiger partial charge in [0.1, 0.15) is 6.10 Å². The van der Waals surface area contributed by atoms with Gasteiger partial charge in [0.2, 0.25) is 0 Å². The average Bonchev–Trinajstić information content (AvgIpc) is 2.87. The highest BCUT2D eigenvalue weighted by Gasteiger charge is 2.27.